The molecule has 2 heterocycles. The molecule has 1 aliphatic rings. The lowest BCUT2D eigenvalue weighted by molar-refractivity contribution is -0.684. The minimum Gasteiger partial charge on any atom is -1.00 e. The number of hydrogen-bond donors (Lipinski definition) is 0. The Kier molecular flexibility index (Phi) is 7.83. The standard InChI is InChI=1S/C28H27N2O6.BrH/c1-33-25-11-8-20-13-24-22-15-27(35-3)26(34-2)14-19(22)5-4-12-29(24)16-23(20)28(25)36-17-18-6-9-21(10-7-18)30(31)32;/h6-11,13-16H,4-5,12,17H2,1-3H3;1H/q+1;/p-1. The molecule has 5 rings (SSSR count). The van der Waals surface area contributed by atoms with Crippen LogP contribution < -0.4 is 40.5 Å². The molecule has 0 saturated heterocycles. The van der Waals surface area contributed by atoms with Crippen LogP contribution in [0.3, 0.4) is 0 Å². The monoisotopic (exact) mass is 566 g/mol. The van der Waals surface area contributed by atoms with Gasteiger partial charge in [-0.1, -0.05) is 0 Å². The molecule has 3 aromatic carbocycles. The summed E-state index contributed by atoms with van der Waals surface area (Å²) in [6, 6.07) is 16.6. The average molecular weight is 567 g/mol. The van der Waals surface area contributed by atoms with E-state index in [0.717, 1.165) is 52.7 Å². The van der Waals surface area contributed by atoms with Crippen LogP contribution in [0.5, 0.6) is 23.0 Å². The van der Waals surface area contributed by atoms with Gasteiger partial charge >= 0.3 is 0 Å². The predicted molar refractivity (Wildman–Crippen MR) is 135 cm³/mol. The lowest BCUT2D eigenvalue weighted by Crippen LogP contribution is -3.00. The van der Waals surface area contributed by atoms with E-state index in [1.54, 1.807) is 33.5 Å². The first-order chi connectivity index (χ1) is 17.5. The molecule has 0 fully saturated rings. The zero-order valence-corrected chi connectivity index (χ0v) is 22.4. The van der Waals surface area contributed by atoms with Crippen LogP contribution >= 0.6 is 0 Å². The Bertz CT molecular complexity index is 1460. The number of nitro benzene ring substituents is 1. The smallest absolute Gasteiger partial charge is 0.269 e. The van der Waals surface area contributed by atoms with Crippen LogP contribution in [0.4, 0.5) is 5.69 Å². The Morgan fingerprint density at radius 1 is 0.919 bits per heavy atom. The van der Waals surface area contributed by atoms with E-state index in [1.165, 1.54) is 17.7 Å². The van der Waals surface area contributed by atoms with Gasteiger partial charge in [-0.3, -0.25) is 10.1 Å². The molecule has 0 saturated carbocycles. The maximum absolute atomic E-state index is 11.0. The fraction of sp³-hybridized carbons (Fsp3) is 0.250. The van der Waals surface area contributed by atoms with Crippen LogP contribution in [0, 0.1) is 10.1 Å². The van der Waals surface area contributed by atoms with Crippen molar-refractivity contribution in [3.05, 3.63) is 82.0 Å². The summed E-state index contributed by atoms with van der Waals surface area (Å²) in [5.74, 6) is 2.70. The van der Waals surface area contributed by atoms with Crippen molar-refractivity contribution in [3.8, 4) is 34.3 Å². The van der Waals surface area contributed by atoms with E-state index in [0.29, 0.717) is 17.2 Å². The van der Waals surface area contributed by atoms with Crippen LogP contribution in [-0.2, 0) is 19.6 Å². The number of hydrogen-bond acceptors (Lipinski definition) is 6. The Morgan fingerprint density at radius 3 is 2.30 bits per heavy atom. The number of ether oxygens (including phenoxy) is 4. The van der Waals surface area contributed by atoms with E-state index in [9.17, 15) is 10.1 Å². The number of halogens is 1. The second-order valence-corrected chi connectivity index (χ2v) is 8.63. The van der Waals surface area contributed by atoms with E-state index in [4.69, 9.17) is 18.9 Å². The normalized spacial score (nSPS) is 12.0. The van der Waals surface area contributed by atoms with Gasteiger partial charge in [0.2, 0.25) is 5.69 Å². The van der Waals surface area contributed by atoms with Gasteiger partial charge in [0.15, 0.2) is 29.2 Å². The quantitative estimate of drug-likeness (QED) is 0.194. The number of aryl methyl sites for hydroxylation is 2. The van der Waals surface area contributed by atoms with Gasteiger partial charge in [0.25, 0.3) is 5.69 Å². The topological polar surface area (TPSA) is 83.9 Å². The molecule has 0 radical (unpaired) electrons. The minimum atomic E-state index is -0.412. The molecule has 0 aliphatic carbocycles. The van der Waals surface area contributed by atoms with E-state index < -0.39 is 4.92 Å². The number of fused-ring (bicyclic) bond motifs is 4. The third-order valence-corrected chi connectivity index (χ3v) is 6.56. The van der Waals surface area contributed by atoms with Crippen molar-refractivity contribution >= 4 is 16.5 Å². The molecular weight excluding hydrogens is 540 g/mol. The fourth-order valence-corrected chi connectivity index (χ4v) is 4.71. The van der Waals surface area contributed by atoms with Crippen LogP contribution in [-0.4, -0.2) is 26.3 Å². The van der Waals surface area contributed by atoms with Crippen molar-refractivity contribution in [1.82, 2.24) is 0 Å². The summed E-state index contributed by atoms with van der Waals surface area (Å²) in [4.78, 5) is 10.5. The summed E-state index contributed by atoms with van der Waals surface area (Å²) >= 11 is 0. The Balaban J connectivity index is 0.00000320. The molecule has 0 atom stereocenters. The number of non-ortho nitro benzene ring substituents is 1. The largest absolute Gasteiger partial charge is 1.00 e. The van der Waals surface area contributed by atoms with Gasteiger partial charge in [0, 0.05) is 24.6 Å². The highest BCUT2D eigenvalue weighted by Gasteiger charge is 2.26. The van der Waals surface area contributed by atoms with Crippen molar-refractivity contribution in [2.45, 2.75) is 26.0 Å². The molecule has 1 aliphatic heterocycles. The molecular formula is C28H27BrN2O6. The van der Waals surface area contributed by atoms with Crippen LogP contribution in [0.2, 0.25) is 0 Å². The molecule has 0 unspecified atom stereocenters. The number of nitrogens with zero attached hydrogens (tertiary/aromatic N) is 2. The highest BCUT2D eigenvalue weighted by Crippen LogP contribution is 2.40. The van der Waals surface area contributed by atoms with Crippen LogP contribution in [0.25, 0.3) is 22.0 Å². The van der Waals surface area contributed by atoms with Gasteiger partial charge in [0.05, 0.1) is 37.2 Å². The van der Waals surface area contributed by atoms with Crippen LogP contribution in [0.15, 0.2) is 60.8 Å². The first-order valence-electron chi connectivity index (χ1n) is 11.7. The number of benzene rings is 3. The molecule has 9 heteroatoms. The number of nitro groups is 1. The van der Waals surface area contributed by atoms with Crippen LogP contribution in [0.1, 0.15) is 17.5 Å². The highest BCUT2D eigenvalue weighted by atomic mass is 79.9. The summed E-state index contributed by atoms with van der Waals surface area (Å²) in [5.41, 5.74) is 4.33. The molecule has 192 valence electrons. The molecule has 0 bridgehead atoms. The Hall–Kier alpha value is -3.85. The molecule has 0 N–H and O–H groups in total. The average Bonchev–Trinajstić information content (AvgIpc) is 3.08. The van der Waals surface area contributed by atoms with E-state index in [1.807, 2.05) is 18.2 Å². The third-order valence-electron chi connectivity index (χ3n) is 6.56. The van der Waals surface area contributed by atoms with Crippen molar-refractivity contribution in [1.29, 1.82) is 0 Å². The Labute approximate surface area is 225 Å². The lowest BCUT2D eigenvalue weighted by Gasteiger charge is -2.15. The van der Waals surface area contributed by atoms with Gasteiger partial charge in [0.1, 0.15) is 13.2 Å². The maximum atomic E-state index is 11.0. The number of methoxy groups -OCH3 is 3. The van der Waals surface area contributed by atoms with Gasteiger partial charge in [-0.05, 0) is 59.3 Å². The summed E-state index contributed by atoms with van der Waals surface area (Å²) < 4.78 is 25.2. The summed E-state index contributed by atoms with van der Waals surface area (Å²) in [6.45, 7) is 1.11. The summed E-state index contributed by atoms with van der Waals surface area (Å²) in [5, 5.41) is 12.9. The zero-order chi connectivity index (χ0) is 25.2. The molecule has 1 aromatic heterocycles. The molecule has 8 nitrogen and oxygen atoms in total. The maximum Gasteiger partial charge on any atom is 0.269 e. The van der Waals surface area contributed by atoms with Gasteiger partial charge in [-0.2, -0.15) is 4.57 Å². The first kappa shape index (κ1) is 26.2. The van der Waals surface area contributed by atoms with E-state index in [-0.39, 0.29) is 29.3 Å². The molecule has 0 spiro atoms. The van der Waals surface area contributed by atoms with Crippen molar-refractivity contribution in [2.75, 3.05) is 21.3 Å². The first-order valence-corrected chi connectivity index (χ1v) is 11.7. The summed E-state index contributed by atoms with van der Waals surface area (Å²) in [6.07, 6.45) is 4.03. The zero-order valence-electron chi connectivity index (χ0n) is 20.8. The number of pyridine rings is 1. The molecule has 37 heavy (non-hydrogen) atoms. The van der Waals surface area contributed by atoms with Gasteiger partial charge in [-0.15, -0.1) is 0 Å². The van der Waals surface area contributed by atoms with Gasteiger partial charge < -0.3 is 35.9 Å². The second kappa shape index (κ2) is 11.0. The van der Waals surface area contributed by atoms with Crippen molar-refractivity contribution < 1.29 is 45.4 Å². The van der Waals surface area contributed by atoms with E-state index >= 15 is 0 Å². The number of aromatic nitrogens is 1. The Morgan fingerprint density at radius 2 is 1.62 bits per heavy atom. The van der Waals surface area contributed by atoms with Crippen molar-refractivity contribution in [3.63, 3.8) is 0 Å². The highest BCUT2D eigenvalue weighted by molar-refractivity contribution is 5.91. The predicted octanol–water partition coefficient (Wildman–Crippen LogP) is 2.26. The minimum absolute atomic E-state index is 0. The van der Waals surface area contributed by atoms with Crippen molar-refractivity contribution in [2.24, 2.45) is 0 Å². The second-order valence-electron chi connectivity index (χ2n) is 8.63. The summed E-state index contributed by atoms with van der Waals surface area (Å²) in [7, 11) is 4.92. The molecule has 4 aromatic rings. The molecule has 0 amide bonds. The third kappa shape index (κ3) is 5.04. The fourth-order valence-electron chi connectivity index (χ4n) is 4.71. The lowest BCUT2D eigenvalue weighted by atomic mass is 9.99. The SMILES string of the molecule is COc1cc2c(cc1OC)-c1cc3ccc(OC)c(OCc4ccc([N+](=O)[O-])cc4)c3c[n+]1CCC2.[Br-]. The van der Waals surface area contributed by atoms with E-state index in [2.05, 4.69) is 22.9 Å². The van der Waals surface area contributed by atoms with Gasteiger partial charge in [-0.25, -0.2) is 0 Å². The number of rotatable bonds is 7.